The number of alkyl halides is 3. The van der Waals surface area contributed by atoms with Crippen LogP contribution in [0.15, 0.2) is 42.5 Å². The van der Waals surface area contributed by atoms with Gasteiger partial charge in [-0.1, -0.05) is 24.1 Å². The predicted octanol–water partition coefficient (Wildman–Crippen LogP) is 4.02. The van der Waals surface area contributed by atoms with Gasteiger partial charge in [0.25, 0.3) is 0 Å². The first-order valence-electron chi connectivity index (χ1n) is 6.39. The highest BCUT2D eigenvalue weighted by Crippen LogP contribution is 2.32. The molecule has 0 fully saturated rings. The Hall–Kier alpha value is -2.94. The molecule has 0 heterocycles. The van der Waals surface area contributed by atoms with Crippen molar-refractivity contribution < 1.29 is 27.4 Å². The molecule has 0 bridgehead atoms. The Bertz CT molecular complexity index is 756. The lowest BCUT2D eigenvalue weighted by Crippen LogP contribution is -2.19. The Labute approximate surface area is 130 Å². The van der Waals surface area contributed by atoms with Crippen LogP contribution in [-0.4, -0.2) is 19.4 Å². The van der Waals surface area contributed by atoms with Gasteiger partial charge in [0.1, 0.15) is 11.3 Å². The number of benzene rings is 2. The van der Waals surface area contributed by atoms with Crippen LogP contribution < -0.4 is 4.74 Å². The normalized spacial score (nSPS) is 10.7. The smallest absolute Gasteiger partial charge is 0.465 e. The van der Waals surface area contributed by atoms with Crippen LogP contribution in [0.25, 0.3) is 11.1 Å². The number of methoxy groups -OCH3 is 1. The number of esters is 1. The molecule has 0 unspecified atom stereocenters. The molecule has 23 heavy (non-hydrogen) atoms. The van der Waals surface area contributed by atoms with Gasteiger partial charge in [0, 0.05) is 5.56 Å². The van der Waals surface area contributed by atoms with Crippen LogP contribution in [0.1, 0.15) is 15.9 Å². The summed E-state index contributed by atoms with van der Waals surface area (Å²) >= 11 is 0. The first-order chi connectivity index (χ1) is 10.8. The van der Waals surface area contributed by atoms with Crippen LogP contribution in [-0.2, 0) is 4.74 Å². The molecule has 0 aliphatic heterocycles. The Morgan fingerprint density at radius 1 is 1.09 bits per heavy atom. The lowest BCUT2D eigenvalue weighted by molar-refractivity contribution is -0.274. The van der Waals surface area contributed by atoms with Gasteiger partial charge in [-0.3, -0.25) is 0 Å². The van der Waals surface area contributed by atoms with Gasteiger partial charge in [0.2, 0.25) is 0 Å². The molecular formula is C17H11F3O3. The third-order valence-electron chi connectivity index (χ3n) is 3.00. The van der Waals surface area contributed by atoms with Crippen molar-refractivity contribution >= 4 is 5.97 Å². The zero-order valence-corrected chi connectivity index (χ0v) is 12.0. The number of hydrogen-bond acceptors (Lipinski definition) is 3. The van der Waals surface area contributed by atoms with Crippen molar-refractivity contribution in [1.82, 2.24) is 0 Å². The maximum absolute atomic E-state index is 12.5. The van der Waals surface area contributed by atoms with Crippen molar-refractivity contribution in [3.63, 3.8) is 0 Å². The maximum atomic E-state index is 12.5. The van der Waals surface area contributed by atoms with E-state index in [-0.39, 0.29) is 5.56 Å². The van der Waals surface area contributed by atoms with E-state index in [4.69, 9.17) is 6.42 Å². The second-order valence-electron chi connectivity index (χ2n) is 4.47. The van der Waals surface area contributed by atoms with Crippen molar-refractivity contribution in [1.29, 1.82) is 0 Å². The lowest BCUT2D eigenvalue weighted by atomic mass is 10.0. The van der Waals surface area contributed by atoms with Crippen molar-refractivity contribution in [3.05, 3.63) is 53.6 Å². The number of carbonyl (C=O) groups is 1. The first kappa shape index (κ1) is 16.4. The van der Waals surface area contributed by atoms with Gasteiger partial charge in [0.15, 0.2) is 0 Å². The SMILES string of the molecule is C#Cc1ccc(-c2ccc(C(=O)OC)c(OC(F)(F)F)c2)cc1. The molecule has 0 aliphatic rings. The van der Waals surface area contributed by atoms with Gasteiger partial charge in [-0.15, -0.1) is 19.6 Å². The van der Waals surface area contributed by atoms with Gasteiger partial charge in [0.05, 0.1) is 7.11 Å². The zero-order chi connectivity index (χ0) is 17.0. The minimum Gasteiger partial charge on any atom is -0.465 e. The van der Waals surface area contributed by atoms with Crippen molar-refractivity contribution in [2.24, 2.45) is 0 Å². The number of hydrogen-bond donors (Lipinski definition) is 0. The van der Waals surface area contributed by atoms with E-state index in [0.29, 0.717) is 16.7 Å². The number of halogens is 3. The van der Waals surface area contributed by atoms with Crippen LogP contribution in [0.4, 0.5) is 13.2 Å². The Morgan fingerprint density at radius 3 is 2.22 bits per heavy atom. The largest absolute Gasteiger partial charge is 0.573 e. The molecule has 0 amide bonds. The first-order valence-corrected chi connectivity index (χ1v) is 6.39. The molecule has 2 aromatic rings. The minimum atomic E-state index is -4.92. The molecule has 0 saturated carbocycles. The second-order valence-corrected chi connectivity index (χ2v) is 4.47. The van der Waals surface area contributed by atoms with E-state index in [9.17, 15) is 18.0 Å². The number of carbonyl (C=O) groups excluding carboxylic acids is 1. The average molecular weight is 320 g/mol. The minimum absolute atomic E-state index is 0.311. The Morgan fingerprint density at radius 2 is 1.70 bits per heavy atom. The fourth-order valence-corrected chi connectivity index (χ4v) is 1.95. The van der Waals surface area contributed by atoms with E-state index in [1.165, 1.54) is 12.1 Å². The Kier molecular flexibility index (Phi) is 4.60. The highest BCUT2D eigenvalue weighted by molar-refractivity contribution is 5.93. The quantitative estimate of drug-likeness (QED) is 0.633. The molecule has 6 heteroatoms. The predicted molar refractivity (Wildman–Crippen MR) is 77.8 cm³/mol. The van der Waals surface area contributed by atoms with E-state index in [2.05, 4.69) is 15.4 Å². The van der Waals surface area contributed by atoms with Crippen LogP contribution in [0.5, 0.6) is 5.75 Å². The van der Waals surface area contributed by atoms with E-state index in [1.54, 1.807) is 24.3 Å². The van der Waals surface area contributed by atoms with Crippen LogP contribution in [0.2, 0.25) is 0 Å². The third-order valence-corrected chi connectivity index (χ3v) is 3.00. The summed E-state index contributed by atoms with van der Waals surface area (Å²) in [5, 5.41) is 0. The van der Waals surface area contributed by atoms with Crippen LogP contribution in [0.3, 0.4) is 0 Å². The molecule has 0 spiro atoms. The fraction of sp³-hybridized carbons (Fsp3) is 0.118. The van der Waals surface area contributed by atoms with Crippen LogP contribution in [0, 0.1) is 12.3 Å². The van der Waals surface area contributed by atoms with E-state index < -0.39 is 18.1 Å². The summed E-state index contributed by atoms with van der Waals surface area (Å²) in [5.74, 6) is 0.905. The Balaban J connectivity index is 2.48. The van der Waals surface area contributed by atoms with Crippen molar-refractivity contribution in [2.75, 3.05) is 7.11 Å². The number of ether oxygens (including phenoxy) is 2. The average Bonchev–Trinajstić information content (AvgIpc) is 2.52. The van der Waals surface area contributed by atoms with Crippen LogP contribution >= 0.6 is 0 Å². The molecule has 0 atom stereocenters. The molecule has 2 aromatic carbocycles. The maximum Gasteiger partial charge on any atom is 0.573 e. The molecule has 2 rings (SSSR count). The molecular weight excluding hydrogens is 309 g/mol. The highest BCUT2D eigenvalue weighted by Gasteiger charge is 2.33. The molecule has 3 nitrogen and oxygen atoms in total. The summed E-state index contributed by atoms with van der Waals surface area (Å²) in [5.41, 5.74) is 1.41. The molecule has 0 saturated heterocycles. The van der Waals surface area contributed by atoms with Crippen molar-refractivity contribution in [3.8, 4) is 29.2 Å². The summed E-state index contributed by atoms with van der Waals surface area (Å²) < 4.78 is 46.0. The lowest BCUT2D eigenvalue weighted by Gasteiger charge is -2.13. The molecule has 0 aliphatic carbocycles. The topological polar surface area (TPSA) is 35.5 Å². The van der Waals surface area contributed by atoms with E-state index >= 15 is 0 Å². The molecule has 0 N–H and O–H groups in total. The third kappa shape index (κ3) is 4.04. The molecule has 0 radical (unpaired) electrons. The van der Waals surface area contributed by atoms with Gasteiger partial charge >= 0.3 is 12.3 Å². The van der Waals surface area contributed by atoms with Gasteiger partial charge in [-0.25, -0.2) is 4.79 Å². The van der Waals surface area contributed by atoms with Gasteiger partial charge in [-0.2, -0.15) is 0 Å². The molecule has 118 valence electrons. The summed E-state index contributed by atoms with van der Waals surface area (Å²) in [6, 6.07) is 10.5. The highest BCUT2D eigenvalue weighted by atomic mass is 19.4. The van der Waals surface area contributed by atoms with E-state index in [0.717, 1.165) is 13.2 Å². The van der Waals surface area contributed by atoms with Crippen molar-refractivity contribution in [2.45, 2.75) is 6.36 Å². The fourth-order valence-electron chi connectivity index (χ4n) is 1.95. The summed E-state index contributed by atoms with van der Waals surface area (Å²) in [4.78, 5) is 11.6. The summed E-state index contributed by atoms with van der Waals surface area (Å²) in [7, 11) is 1.08. The summed E-state index contributed by atoms with van der Waals surface area (Å²) in [6.07, 6.45) is 0.332. The van der Waals surface area contributed by atoms with Gasteiger partial charge < -0.3 is 9.47 Å². The summed E-state index contributed by atoms with van der Waals surface area (Å²) in [6.45, 7) is 0. The van der Waals surface area contributed by atoms with E-state index in [1.807, 2.05) is 0 Å². The zero-order valence-electron chi connectivity index (χ0n) is 12.0. The van der Waals surface area contributed by atoms with Gasteiger partial charge in [-0.05, 0) is 35.4 Å². The second kappa shape index (κ2) is 6.44. The number of rotatable bonds is 3. The monoisotopic (exact) mass is 320 g/mol. The standard InChI is InChI=1S/C17H11F3O3/c1-3-11-4-6-12(7-5-11)13-8-9-14(16(21)22-2)15(10-13)23-17(18,19)20/h1,4-10H,2H3. The molecule has 0 aromatic heterocycles. The number of terminal acetylenes is 1.